The lowest BCUT2D eigenvalue weighted by molar-refractivity contribution is 0.102. The third-order valence-corrected chi connectivity index (χ3v) is 4.66. The van der Waals surface area contributed by atoms with Gasteiger partial charge in [-0.3, -0.25) is 9.36 Å². The number of ketones is 1. The number of rotatable bonds is 9. The van der Waals surface area contributed by atoms with E-state index in [0.29, 0.717) is 36.2 Å². The third-order valence-electron chi connectivity index (χ3n) is 3.69. The molecule has 0 aliphatic rings. The summed E-state index contributed by atoms with van der Waals surface area (Å²) < 4.78 is 6.54. The molecule has 0 amide bonds. The molecule has 24 heavy (non-hydrogen) atoms. The van der Waals surface area contributed by atoms with Crippen LogP contribution in [0.4, 0.5) is 0 Å². The number of aromatic nitrogens is 3. The Hall–Kier alpha value is -1.86. The fourth-order valence-electron chi connectivity index (χ4n) is 2.24. The minimum atomic E-state index is -0.262. The smallest absolute Gasteiger partial charge is 0.343 e. The molecule has 0 bridgehead atoms. The van der Waals surface area contributed by atoms with Crippen LogP contribution in [0, 0.1) is 0 Å². The molecule has 0 atom stereocenters. The number of thioether (sulfide) groups is 1. The number of hydrogen-bond acceptors (Lipinski definition) is 5. The number of carbonyl (C=O) groups excluding carboxylic acids is 1. The topological polar surface area (TPSA) is 77.0 Å². The number of aromatic amines is 1. The van der Waals surface area contributed by atoms with E-state index in [1.165, 1.54) is 17.3 Å². The summed E-state index contributed by atoms with van der Waals surface area (Å²) in [5.41, 5.74) is 1.62. The summed E-state index contributed by atoms with van der Waals surface area (Å²) in [4.78, 5) is 24.1. The minimum absolute atomic E-state index is 0.0224. The van der Waals surface area contributed by atoms with E-state index in [4.69, 9.17) is 4.74 Å². The van der Waals surface area contributed by atoms with Gasteiger partial charge in [-0.2, -0.15) is 0 Å². The Balaban J connectivity index is 1.97. The van der Waals surface area contributed by atoms with Crippen molar-refractivity contribution in [2.45, 2.75) is 37.9 Å². The highest BCUT2D eigenvalue weighted by molar-refractivity contribution is 7.99. The largest absolute Gasteiger partial charge is 0.385 e. The van der Waals surface area contributed by atoms with Gasteiger partial charge in [-0.25, -0.2) is 9.89 Å². The van der Waals surface area contributed by atoms with Crippen molar-refractivity contribution in [2.24, 2.45) is 0 Å². The van der Waals surface area contributed by atoms with Crippen LogP contribution in [-0.4, -0.2) is 40.0 Å². The van der Waals surface area contributed by atoms with Crippen LogP contribution in [-0.2, 0) is 11.3 Å². The molecule has 6 nitrogen and oxygen atoms in total. The number of hydrogen-bond donors (Lipinski definition) is 1. The summed E-state index contributed by atoms with van der Waals surface area (Å²) in [5.74, 6) is 0.707. The molecule has 1 aromatic carbocycles. The molecule has 130 valence electrons. The maximum atomic E-state index is 12.3. The first-order valence-electron chi connectivity index (χ1n) is 7.93. The van der Waals surface area contributed by atoms with Gasteiger partial charge in [0.15, 0.2) is 10.9 Å². The van der Waals surface area contributed by atoms with Crippen LogP contribution in [0.2, 0.25) is 0 Å². The van der Waals surface area contributed by atoms with Gasteiger partial charge in [0.1, 0.15) is 0 Å². The van der Waals surface area contributed by atoms with E-state index < -0.39 is 0 Å². The molecule has 0 radical (unpaired) electrons. The second kappa shape index (κ2) is 8.84. The molecule has 2 aromatic rings. The van der Waals surface area contributed by atoms with Crippen LogP contribution < -0.4 is 5.69 Å². The van der Waals surface area contributed by atoms with Crippen molar-refractivity contribution in [3.05, 3.63) is 45.9 Å². The minimum Gasteiger partial charge on any atom is -0.385 e. The average Bonchev–Trinajstić information content (AvgIpc) is 2.93. The summed E-state index contributed by atoms with van der Waals surface area (Å²) in [6.45, 7) is 5.33. The van der Waals surface area contributed by atoms with Crippen LogP contribution >= 0.6 is 11.8 Å². The van der Waals surface area contributed by atoms with Crippen molar-refractivity contribution < 1.29 is 9.53 Å². The lowest BCUT2D eigenvalue weighted by atomic mass is 10.0. The third kappa shape index (κ3) is 4.82. The number of Topliss-reactive ketones (excluding diaryl/α,β-unsaturated/α-hetero) is 1. The number of methoxy groups -OCH3 is 1. The Kier molecular flexibility index (Phi) is 6.81. The van der Waals surface area contributed by atoms with Crippen LogP contribution in [0.15, 0.2) is 34.2 Å². The van der Waals surface area contributed by atoms with Crippen LogP contribution in [0.1, 0.15) is 42.1 Å². The number of nitrogens with zero attached hydrogens (tertiary/aromatic N) is 2. The molecule has 0 aliphatic heterocycles. The first kappa shape index (κ1) is 18.5. The highest BCUT2D eigenvalue weighted by atomic mass is 32.2. The van der Waals surface area contributed by atoms with Gasteiger partial charge in [0.2, 0.25) is 0 Å². The number of ether oxygens (including phenoxy) is 1. The Labute approximate surface area is 145 Å². The van der Waals surface area contributed by atoms with Gasteiger partial charge in [-0.05, 0) is 17.9 Å². The summed E-state index contributed by atoms with van der Waals surface area (Å²) in [6, 6.07) is 7.68. The zero-order chi connectivity index (χ0) is 17.5. The quantitative estimate of drug-likeness (QED) is 0.428. The summed E-state index contributed by atoms with van der Waals surface area (Å²) in [7, 11) is 1.62. The molecule has 0 aliphatic carbocycles. The van der Waals surface area contributed by atoms with E-state index in [9.17, 15) is 9.59 Å². The molecular weight excluding hydrogens is 326 g/mol. The fourth-order valence-corrected chi connectivity index (χ4v) is 3.11. The number of nitrogens with one attached hydrogen (secondary N) is 1. The van der Waals surface area contributed by atoms with E-state index >= 15 is 0 Å². The van der Waals surface area contributed by atoms with E-state index in [2.05, 4.69) is 24.0 Å². The predicted octanol–water partition coefficient (Wildman–Crippen LogP) is 2.71. The molecule has 1 heterocycles. The van der Waals surface area contributed by atoms with E-state index in [-0.39, 0.29) is 17.2 Å². The van der Waals surface area contributed by atoms with E-state index in [0.717, 1.165) is 0 Å². The zero-order valence-electron chi connectivity index (χ0n) is 14.2. The maximum absolute atomic E-state index is 12.3. The van der Waals surface area contributed by atoms with Gasteiger partial charge in [-0.15, -0.1) is 5.10 Å². The lowest BCUT2D eigenvalue weighted by Crippen LogP contribution is -2.18. The normalized spacial score (nSPS) is 11.2. The SMILES string of the molecule is COCCCn1c(SCC(=O)c2ccc(C(C)C)cc2)n[nH]c1=O. The molecular formula is C17H23N3O3S. The van der Waals surface area contributed by atoms with E-state index in [1.807, 2.05) is 24.3 Å². The van der Waals surface area contributed by atoms with Crippen molar-refractivity contribution >= 4 is 17.5 Å². The second-order valence-electron chi connectivity index (χ2n) is 5.80. The molecule has 0 fully saturated rings. The van der Waals surface area contributed by atoms with Crippen LogP contribution in [0.25, 0.3) is 0 Å². The van der Waals surface area contributed by atoms with Crippen molar-refractivity contribution in [3.8, 4) is 0 Å². The van der Waals surface area contributed by atoms with Gasteiger partial charge in [0, 0.05) is 25.8 Å². The standard InChI is InChI=1S/C17H23N3O3S/c1-12(2)13-5-7-14(8-6-13)15(21)11-24-17-19-18-16(22)20(17)9-4-10-23-3/h5-8,12H,4,9-11H2,1-3H3,(H,18,22). The monoisotopic (exact) mass is 349 g/mol. The van der Waals surface area contributed by atoms with Gasteiger partial charge in [0.25, 0.3) is 0 Å². The van der Waals surface area contributed by atoms with Gasteiger partial charge >= 0.3 is 5.69 Å². The van der Waals surface area contributed by atoms with Crippen molar-refractivity contribution in [2.75, 3.05) is 19.5 Å². The number of carbonyl (C=O) groups is 1. The summed E-state index contributed by atoms with van der Waals surface area (Å²) in [6.07, 6.45) is 0.716. The summed E-state index contributed by atoms with van der Waals surface area (Å²) in [5, 5.41) is 6.96. The molecule has 1 aromatic heterocycles. The Bertz CT molecular complexity index is 719. The van der Waals surface area contributed by atoms with Gasteiger partial charge in [0.05, 0.1) is 5.75 Å². The molecule has 2 rings (SSSR count). The number of benzene rings is 1. The number of H-pyrrole nitrogens is 1. The van der Waals surface area contributed by atoms with Crippen molar-refractivity contribution in [3.63, 3.8) is 0 Å². The molecule has 7 heteroatoms. The highest BCUT2D eigenvalue weighted by Gasteiger charge is 2.13. The molecule has 0 saturated carbocycles. The Morgan fingerprint density at radius 3 is 2.67 bits per heavy atom. The van der Waals surface area contributed by atoms with Gasteiger partial charge in [-0.1, -0.05) is 49.9 Å². The molecule has 0 spiro atoms. The molecule has 0 saturated heterocycles. The first-order chi connectivity index (χ1) is 11.5. The molecule has 1 N–H and O–H groups in total. The molecule has 0 unspecified atom stereocenters. The fraction of sp³-hybridized carbons (Fsp3) is 0.471. The van der Waals surface area contributed by atoms with Crippen LogP contribution in [0.5, 0.6) is 0 Å². The maximum Gasteiger partial charge on any atom is 0.343 e. The van der Waals surface area contributed by atoms with E-state index in [1.54, 1.807) is 11.7 Å². The average molecular weight is 349 g/mol. The second-order valence-corrected chi connectivity index (χ2v) is 6.74. The lowest BCUT2D eigenvalue weighted by Gasteiger charge is -2.07. The van der Waals surface area contributed by atoms with Crippen molar-refractivity contribution in [1.29, 1.82) is 0 Å². The highest BCUT2D eigenvalue weighted by Crippen LogP contribution is 2.18. The predicted molar refractivity (Wildman–Crippen MR) is 94.9 cm³/mol. The van der Waals surface area contributed by atoms with Crippen LogP contribution in [0.3, 0.4) is 0 Å². The zero-order valence-corrected chi connectivity index (χ0v) is 15.1. The first-order valence-corrected chi connectivity index (χ1v) is 8.91. The van der Waals surface area contributed by atoms with Gasteiger partial charge < -0.3 is 4.74 Å². The van der Waals surface area contributed by atoms with Crippen molar-refractivity contribution in [1.82, 2.24) is 14.8 Å². The summed E-state index contributed by atoms with van der Waals surface area (Å²) >= 11 is 1.27. The Morgan fingerprint density at radius 1 is 1.33 bits per heavy atom. The Morgan fingerprint density at radius 2 is 2.04 bits per heavy atom.